The lowest BCUT2D eigenvalue weighted by molar-refractivity contribution is -0.385. The Morgan fingerprint density at radius 2 is 2.04 bits per heavy atom. The topological polar surface area (TPSA) is 126 Å². The van der Waals surface area contributed by atoms with E-state index in [-0.39, 0.29) is 22.7 Å². The molecule has 142 valence electrons. The van der Waals surface area contributed by atoms with Gasteiger partial charge in [0.15, 0.2) is 11.5 Å². The zero-order chi connectivity index (χ0) is 20.0. The Labute approximate surface area is 159 Å². The zero-order valence-corrected chi connectivity index (χ0v) is 15.2. The summed E-state index contributed by atoms with van der Waals surface area (Å²) in [5.41, 5.74) is 2.74. The van der Waals surface area contributed by atoms with Crippen molar-refractivity contribution in [3.05, 3.63) is 57.1 Å². The van der Waals surface area contributed by atoms with Gasteiger partial charge in [-0.25, -0.2) is 5.43 Å². The number of carbonyl (C=O) groups is 1. The fourth-order valence-electron chi connectivity index (χ4n) is 2.10. The number of aromatic hydroxyl groups is 1. The number of nitrogens with one attached hydrogen (secondary N) is 2. The van der Waals surface area contributed by atoms with Crippen LogP contribution in [0.15, 0.2) is 41.5 Å². The molecule has 0 aliphatic carbocycles. The number of carbonyl (C=O) groups excluding carboxylic acids is 1. The number of hydrazone groups is 1. The number of methoxy groups -OCH3 is 1. The van der Waals surface area contributed by atoms with E-state index in [1.54, 1.807) is 31.2 Å². The number of phenolic OH excluding ortho intramolecular Hbond substituents is 1. The van der Waals surface area contributed by atoms with Crippen molar-refractivity contribution in [2.24, 2.45) is 5.10 Å². The van der Waals surface area contributed by atoms with Gasteiger partial charge in [0.1, 0.15) is 6.04 Å². The average molecular weight is 393 g/mol. The maximum Gasteiger partial charge on any atom is 0.274 e. The van der Waals surface area contributed by atoms with Crippen LogP contribution in [0.4, 0.5) is 11.4 Å². The van der Waals surface area contributed by atoms with Gasteiger partial charge in [-0.3, -0.25) is 14.9 Å². The van der Waals surface area contributed by atoms with Crippen LogP contribution in [0, 0.1) is 10.1 Å². The van der Waals surface area contributed by atoms with Gasteiger partial charge in [-0.2, -0.15) is 5.10 Å². The van der Waals surface area contributed by atoms with Crippen LogP contribution < -0.4 is 15.5 Å². The molecule has 27 heavy (non-hydrogen) atoms. The third-order valence-electron chi connectivity index (χ3n) is 3.52. The number of hydrogen-bond acceptors (Lipinski definition) is 7. The van der Waals surface area contributed by atoms with Gasteiger partial charge < -0.3 is 15.2 Å². The molecule has 3 N–H and O–H groups in total. The summed E-state index contributed by atoms with van der Waals surface area (Å²) in [5, 5.41) is 28.2. The Bertz CT molecular complexity index is 870. The number of hydrogen-bond donors (Lipinski definition) is 3. The van der Waals surface area contributed by atoms with Crippen LogP contribution in [0.5, 0.6) is 11.5 Å². The van der Waals surface area contributed by atoms with Crippen molar-refractivity contribution < 1.29 is 19.6 Å². The van der Waals surface area contributed by atoms with E-state index in [1.165, 1.54) is 7.11 Å². The third-order valence-corrected chi connectivity index (χ3v) is 3.77. The Morgan fingerprint density at radius 1 is 1.37 bits per heavy atom. The Balaban J connectivity index is 2.05. The minimum absolute atomic E-state index is 0.0275. The van der Waals surface area contributed by atoms with Crippen molar-refractivity contribution in [1.82, 2.24) is 5.43 Å². The molecular weight excluding hydrogens is 376 g/mol. The van der Waals surface area contributed by atoms with E-state index in [1.807, 2.05) is 0 Å². The molecule has 0 spiro atoms. The van der Waals surface area contributed by atoms with Crippen LogP contribution in [0.2, 0.25) is 5.02 Å². The van der Waals surface area contributed by atoms with Crippen molar-refractivity contribution >= 4 is 35.1 Å². The summed E-state index contributed by atoms with van der Waals surface area (Å²) in [5.74, 6) is -0.846. The first-order valence-electron chi connectivity index (χ1n) is 7.72. The number of anilines is 1. The number of rotatable bonds is 7. The summed E-state index contributed by atoms with van der Waals surface area (Å²) in [6.07, 6.45) is 1.10. The molecule has 0 fully saturated rings. The predicted molar refractivity (Wildman–Crippen MR) is 102 cm³/mol. The van der Waals surface area contributed by atoms with Gasteiger partial charge in [-0.15, -0.1) is 0 Å². The number of benzene rings is 2. The molecule has 0 aliphatic heterocycles. The molecule has 2 rings (SSSR count). The smallest absolute Gasteiger partial charge is 0.274 e. The predicted octanol–water partition coefficient (Wildman–Crippen LogP) is 2.91. The highest BCUT2D eigenvalue weighted by Crippen LogP contribution is 2.33. The van der Waals surface area contributed by atoms with Crippen molar-refractivity contribution in [2.75, 3.05) is 12.4 Å². The molecule has 1 atom stereocenters. The second kappa shape index (κ2) is 8.86. The van der Waals surface area contributed by atoms with Crippen LogP contribution in [-0.2, 0) is 4.79 Å². The molecule has 0 bridgehead atoms. The monoisotopic (exact) mass is 392 g/mol. The molecule has 0 saturated carbocycles. The first-order valence-corrected chi connectivity index (χ1v) is 8.10. The summed E-state index contributed by atoms with van der Waals surface area (Å²) in [7, 11) is 1.27. The standard InChI is InChI=1S/C17H17ClN4O5/c1-10(20-13-5-3-12(18)4-6-13)17(24)21-19-9-11-7-14(22(25)26)8-15(27-2)16(11)23/h3-10,20,23H,1-2H3,(H,21,24)/b19-9+. The number of amides is 1. The molecular formula is C17H17ClN4O5. The number of non-ortho nitro benzene ring substituents is 1. The van der Waals surface area contributed by atoms with E-state index in [0.717, 1.165) is 18.3 Å². The van der Waals surface area contributed by atoms with E-state index >= 15 is 0 Å². The molecule has 0 heterocycles. The van der Waals surface area contributed by atoms with Crippen LogP contribution in [-0.4, -0.2) is 35.3 Å². The van der Waals surface area contributed by atoms with Crippen molar-refractivity contribution in [3.63, 3.8) is 0 Å². The number of halogens is 1. The fraction of sp³-hybridized carbons (Fsp3) is 0.176. The minimum Gasteiger partial charge on any atom is -0.504 e. The first-order chi connectivity index (χ1) is 12.8. The molecule has 10 heteroatoms. The third kappa shape index (κ3) is 5.32. The normalized spacial score (nSPS) is 11.8. The first kappa shape index (κ1) is 20.0. The highest BCUT2D eigenvalue weighted by atomic mass is 35.5. The van der Waals surface area contributed by atoms with Gasteiger partial charge in [-0.1, -0.05) is 11.6 Å². The molecule has 2 aromatic rings. The fourth-order valence-corrected chi connectivity index (χ4v) is 2.22. The highest BCUT2D eigenvalue weighted by Gasteiger charge is 2.16. The number of ether oxygens (including phenoxy) is 1. The molecule has 0 aromatic heterocycles. The van der Waals surface area contributed by atoms with E-state index in [2.05, 4.69) is 15.8 Å². The van der Waals surface area contributed by atoms with Crippen molar-refractivity contribution in [3.8, 4) is 11.5 Å². The number of nitro benzene ring substituents is 1. The quantitative estimate of drug-likeness (QED) is 0.378. The lowest BCUT2D eigenvalue weighted by Gasteiger charge is -2.13. The van der Waals surface area contributed by atoms with Gasteiger partial charge >= 0.3 is 0 Å². The lowest BCUT2D eigenvalue weighted by Crippen LogP contribution is -2.34. The molecule has 1 amide bonds. The van der Waals surface area contributed by atoms with Crippen LogP contribution in [0.1, 0.15) is 12.5 Å². The maximum absolute atomic E-state index is 12.1. The summed E-state index contributed by atoms with van der Waals surface area (Å²) in [4.78, 5) is 22.4. The van der Waals surface area contributed by atoms with Gasteiger partial charge in [0, 0.05) is 22.3 Å². The number of nitro groups is 1. The molecule has 9 nitrogen and oxygen atoms in total. The number of phenols is 1. The lowest BCUT2D eigenvalue weighted by atomic mass is 10.2. The Kier molecular flexibility index (Phi) is 6.56. The SMILES string of the molecule is COc1cc([N+](=O)[O-])cc(/C=N/NC(=O)C(C)Nc2ccc(Cl)cc2)c1O. The van der Waals surface area contributed by atoms with E-state index in [0.29, 0.717) is 10.7 Å². The zero-order valence-electron chi connectivity index (χ0n) is 14.5. The Hall–Kier alpha value is -3.33. The molecule has 1 unspecified atom stereocenters. The van der Waals surface area contributed by atoms with E-state index < -0.39 is 16.9 Å². The van der Waals surface area contributed by atoms with Crippen molar-refractivity contribution in [1.29, 1.82) is 0 Å². The average Bonchev–Trinajstić information content (AvgIpc) is 2.64. The van der Waals surface area contributed by atoms with Crippen LogP contribution in [0.25, 0.3) is 0 Å². The second-order valence-electron chi connectivity index (χ2n) is 5.45. The number of nitrogens with zero attached hydrogens (tertiary/aromatic N) is 2. The summed E-state index contributed by atoms with van der Waals surface area (Å²) in [6.45, 7) is 1.63. The van der Waals surface area contributed by atoms with Crippen molar-refractivity contribution in [2.45, 2.75) is 13.0 Å². The molecule has 0 saturated heterocycles. The van der Waals surface area contributed by atoms with E-state index in [9.17, 15) is 20.0 Å². The van der Waals surface area contributed by atoms with Gasteiger partial charge in [-0.05, 0) is 31.2 Å². The van der Waals surface area contributed by atoms with E-state index in [4.69, 9.17) is 16.3 Å². The van der Waals surface area contributed by atoms with Gasteiger partial charge in [0.05, 0.1) is 24.3 Å². The van der Waals surface area contributed by atoms with Gasteiger partial charge in [0.2, 0.25) is 0 Å². The highest BCUT2D eigenvalue weighted by molar-refractivity contribution is 6.30. The second-order valence-corrected chi connectivity index (χ2v) is 5.89. The summed E-state index contributed by atoms with van der Waals surface area (Å²) >= 11 is 5.80. The van der Waals surface area contributed by atoms with Crippen LogP contribution >= 0.6 is 11.6 Å². The molecule has 0 aliphatic rings. The molecule has 2 aromatic carbocycles. The summed E-state index contributed by atoms with van der Waals surface area (Å²) < 4.78 is 4.89. The van der Waals surface area contributed by atoms with Crippen LogP contribution in [0.3, 0.4) is 0 Å². The Morgan fingerprint density at radius 3 is 2.63 bits per heavy atom. The van der Waals surface area contributed by atoms with Gasteiger partial charge in [0.25, 0.3) is 11.6 Å². The largest absolute Gasteiger partial charge is 0.504 e. The maximum atomic E-state index is 12.1. The minimum atomic E-state index is -0.629. The molecule has 0 radical (unpaired) electrons. The summed E-state index contributed by atoms with van der Waals surface area (Å²) in [6, 6.07) is 8.41.